The van der Waals surface area contributed by atoms with Crippen molar-refractivity contribution in [2.45, 2.75) is 9.24 Å². The summed E-state index contributed by atoms with van der Waals surface area (Å²) >= 11 is 2.64. The van der Waals surface area contributed by atoms with Crippen LogP contribution in [0, 0.1) is 0 Å². The summed E-state index contributed by atoms with van der Waals surface area (Å²) in [4.78, 5) is 12.4. The third kappa shape index (κ3) is 6.36. The lowest BCUT2D eigenvalue weighted by molar-refractivity contribution is -0.113. The van der Waals surface area contributed by atoms with Crippen molar-refractivity contribution in [3.05, 3.63) is 24.3 Å². The van der Waals surface area contributed by atoms with E-state index in [-0.39, 0.29) is 16.6 Å². The Morgan fingerprint density at radius 3 is 2.70 bits per heavy atom. The van der Waals surface area contributed by atoms with Crippen molar-refractivity contribution in [3.63, 3.8) is 0 Å². The Morgan fingerprint density at radius 1 is 1.27 bits per heavy atom. The van der Waals surface area contributed by atoms with Crippen LogP contribution in [-0.4, -0.2) is 81.1 Å². The summed E-state index contributed by atoms with van der Waals surface area (Å²) in [5.41, 5.74) is 0.528. The minimum Gasteiger partial charge on any atom is -0.383 e. The van der Waals surface area contributed by atoms with E-state index in [4.69, 9.17) is 9.47 Å². The van der Waals surface area contributed by atoms with Crippen LogP contribution in [0.25, 0.3) is 0 Å². The van der Waals surface area contributed by atoms with Gasteiger partial charge in [-0.25, -0.2) is 8.42 Å². The second kappa shape index (κ2) is 11.0. The zero-order valence-corrected chi connectivity index (χ0v) is 18.8. The predicted molar refractivity (Wildman–Crippen MR) is 116 cm³/mol. The normalized spacial score (nSPS) is 15.1. The first-order chi connectivity index (χ1) is 14.5. The van der Waals surface area contributed by atoms with E-state index in [1.165, 1.54) is 39.5 Å². The number of amides is 1. The number of sulfonamides is 1. The average molecular weight is 474 g/mol. The molecule has 0 bridgehead atoms. The summed E-state index contributed by atoms with van der Waals surface area (Å²) in [7, 11) is -1.93. The maximum Gasteiger partial charge on any atom is 0.243 e. The van der Waals surface area contributed by atoms with Crippen LogP contribution in [0.15, 0.2) is 33.5 Å². The van der Waals surface area contributed by atoms with Crippen LogP contribution in [0.5, 0.6) is 0 Å². The van der Waals surface area contributed by atoms with Gasteiger partial charge >= 0.3 is 0 Å². The van der Waals surface area contributed by atoms with Gasteiger partial charge < -0.3 is 20.1 Å². The molecule has 1 fully saturated rings. The van der Waals surface area contributed by atoms with Gasteiger partial charge in [-0.2, -0.15) is 4.31 Å². The summed E-state index contributed by atoms with van der Waals surface area (Å²) in [5, 5.41) is 14.5. The number of benzene rings is 1. The second-order valence-electron chi connectivity index (χ2n) is 6.17. The molecule has 1 aliphatic heterocycles. The summed E-state index contributed by atoms with van der Waals surface area (Å²) in [6.45, 7) is 2.67. The molecule has 0 saturated carbocycles. The highest BCUT2D eigenvalue weighted by Gasteiger charge is 2.26. The number of morpholine rings is 1. The Morgan fingerprint density at radius 2 is 2.00 bits per heavy atom. The lowest BCUT2D eigenvalue weighted by atomic mass is 10.3. The molecule has 0 unspecified atom stereocenters. The molecule has 0 atom stereocenters. The van der Waals surface area contributed by atoms with Crippen LogP contribution < -0.4 is 10.6 Å². The van der Waals surface area contributed by atoms with E-state index in [1.807, 2.05) is 0 Å². The highest BCUT2D eigenvalue weighted by atomic mass is 32.2. The van der Waals surface area contributed by atoms with Crippen molar-refractivity contribution in [3.8, 4) is 0 Å². The molecule has 1 aromatic heterocycles. The zero-order chi connectivity index (χ0) is 21.4. The number of thioether (sulfide) groups is 1. The molecule has 10 nitrogen and oxygen atoms in total. The van der Waals surface area contributed by atoms with Crippen LogP contribution in [0.2, 0.25) is 0 Å². The molecule has 2 heterocycles. The number of methoxy groups -OCH3 is 1. The quantitative estimate of drug-likeness (QED) is 0.389. The van der Waals surface area contributed by atoms with Crippen LogP contribution in [0.4, 0.5) is 10.8 Å². The number of nitrogens with zero attached hydrogens (tertiary/aromatic N) is 3. The minimum absolute atomic E-state index is 0.167. The predicted octanol–water partition coefficient (Wildman–Crippen LogP) is 1.35. The van der Waals surface area contributed by atoms with E-state index in [9.17, 15) is 13.2 Å². The van der Waals surface area contributed by atoms with Crippen molar-refractivity contribution >= 4 is 49.8 Å². The standard InChI is InChI=1S/C17H23N5O5S3/c1-26-9-6-18-16-20-21-17(29-16)28-12-15(23)19-13-2-4-14(5-3-13)30(24,25)22-7-10-27-11-8-22/h2-5H,6-12H2,1H3,(H,18,20)(H,19,23). The van der Waals surface area contributed by atoms with Gasteiger partial charge in [-0.3, -0.25) is 4.79 Å². The van der Waals surface area contributed by atoms with E-state index in [0.29, 0.717) is 54.6 Å². The van der Waals surface area contributed by atoms with Gasteiger partial charge in [0, 0.05) is 32.4 Å². The fourth-order valence-electron chi connectivity index (χ4n) is 2.57. The first-order valence-electron chi connectivity index (χ1n) is 9.16. The van der Waals surface area contributed by atoms with E-state index >= 15 is 0 Å². The van der Waals surface area contributed by atoms with Crippen LogP contribution in [-0.2, 0) is 24.3 Å². The number of carbonyl (C=O) groups is 1. The third-order valence-corrected chi connectivity index (χ3v) is 7.99. The minimum atomic E-state index is -3.55. The maximum absolute atomic E-state index is 12.6. The highest BCUT2D eigenvalue weighted by Crippen LogP contribution is 2.25. The molecule has 1 aromatic carbocycles. The molecule has 164 valence electrons. The van der Waals surface area contributed by atoms with Crippen molar-refractivity contribution < 1.29 is 22.7 Å². The Bertz CT molecular complexity index is 930. The van der Waals surface area contributed by atoms with Gasteiger partial charge in [-0.15, -0.1) is 10.2 Å². The summed E-state index contributed by atoms with van der Waals surface area (Å²) in [6.07, 6.45) is 0. The lowest BCUT2D eigenvalue weighted by Gasteiger charge is -2.26. The van der Waals surface area contributed by atoms with Crippen LogP contribution in [0.3, 0.4) is 0 Å². The monoisotopic (exact) mass is 473 g/mol. The molecule has 0 spiro atoms. The Kier molecular flexibility index (Phi) is 8.41. The van der Waals surface area contributed by atoms with Crippen molar-refractivity contribution in [2.24, 2.45) is 0 Å². The van der Waals surface area contributed by atoms with Gasteiger partial charge in [0.1, 0.15) is 0 Å². The number of carbonyl (C=O) groups excluding carboxylic acids is 1. The Labute approximate surface area is 183 Å². The number of ether oxygens (including phenoxy) is 2. The van der Waals surface area contributed by atoms with Crippen molar-refractivity contribution in [1.82, 2.24) is 14.5 Å². The molecule has 3 rings (SSSR count). The Hall–Kier alpha value is -1.77. The molecule has 13 heteroatoms. The van der Waals surface area contributed by atoms with E-state index in [2.05, 4.69) is 20.8 Å². The SMILES string of the molecule is COCCNc1nnc(SCC(=O)Nc2ccc(S(=O)(=O)N3CCOCC3)cc2)s1. The summed E-state index contributed by atoms with van der Waals surface area (Å²) in [5.74, 6) is -0.0477. The molecule has 1 saturated heterocycles. The Balaban J connectivity index is 1.48. The third-order valence-electron chi connectivity index (χ3n) is 4.06. The number of rotatable bonds is 10. The van der Waals surface area contributed by atoms with E-state index in [1.54, 1.807) is 19.2 Å². The molecule has 0 aliphatic carbocycles. The van der Waals surface area contributed by atoms with Gasteiger partial charge in [0.25, 0.3) is 0 Å². The zero-order valence-electron chi connectivity index (χ0n) is 16.4. The van der Waals surface area contributed by atoms with E-state index in [0.717, 1.165) is 0 Å². The first-order valence-corrected chi connectivity index (χ1v) is 12.4. The van der Waals surface area contributed by atoms with Crippen molar-refractivity contribution in [1.29, 1.82) is 0 Å². The molecule has 30 heavy (non-hydrogen) atoms. The maximum atomic E-state index is 12.6. The summed E-state index contributed by atoms with van der Waals surface area (Å²) < 4.78 is 37.5. The topological polar surface area (TPSA) is 123 Å². The van der Waals surface area contributed by atoms with Gasteiger partial charge in [0.2, 0.25) is 21.1 Å². The number of aromatic nitrogens is 2. The van der Waals surface area contributed by atoms with Gasteiger partial charge in [-0.05, 0) is 24.3 Å². The lowest BCUT2D eigenvalue weighted by Crippen LogP contribution is -2.40. The number of nitrogens with one attached hydrogen (secondary N) is 2. The van der Waals surface area contributed by atoms with Gasteiger partial charge in [0.15, 0.2) is 4.34 Å². The molecule has 2 N–H and O–H groups in total. The largest absolute Gasteiger partial charge is 0.383 e. The molecule has 0 radical (unpaired) electrons. The molecule has 1 aliphatic rings. The molecule has 1 amide bonds. The first kappa shape index (κ1) is 22.9. The average Bonchev–Trinajstić information content (AvgIpc) is 3.21. The molecular weight excluding hydrogens is 450 g/mol. The molecular formula is C17H23N5O5S3. The number of hydrogen-bond donors (Lipinski definition) is 2. The fourth-order valence-corrected chi connectivity index (χ4v) is 5.56. The van der Waals surface area contributed by atoms with Crippen LogP contribution in [0.1, 0.15) is 0 Å². The highest BCUT2D eigenvalue weighted by molar-refractivity contribution is 8.01. The van der Waals surface area contributed by atoms with Crippen molar-refractivity contribution in [2.75, 3.05) is 63.0 Å². The fraction of sp³-hybridized carbons (Fsp3) is 0.471. The van der Waals surface area contributed by atoms with Crippen LogP contribution >= 0.6 is 23.1 Å². The van der Waals surface area contributed by atoms with Gasteiger partial charge in [-0.1, -0.05) is 23.1 Å². The smallest absolute Gasteiger partial charge is 0.243 e. The van der Waals surface area contributed by atoms with E-state index < -0.39 is 10.0 Å². The summed E-state index contributed by atoms with van der Waals surface area (Å²) in [6, 6.07) is 6.16. The van der Waals surface area contributed by atoms with Gasteiger partial charge in [0.05, 0.1) is 30.5 Å². The number of hydrogen-bond acceptors (Lipinski definition) is 10. The second-order valence-corrected chi connectivity index (χ2v) is 10.3. The molecule has 2 aromatic rings. The number of anilines is 2.